The fourth-order valence-electron chi connectivity index (χ4n) is 1.40. The molecule has 0 radical (unpaired) electrons. The predicted octanol–water partition coefficient (Wildman–Crippen LogP) is 1.13. The van der Waals surface area contributed by atoms with Crippen molar-refractivity contribution in [1.29, 1.82) is 0 Å². The molecule has 1 aromatic rings. The maximum absolute atomic E-state index is 11.9. The van der Waals surface area contributed by atoms with Gasteiger partial charge in [-0.3, -0.25) is 9.59 Å². The quantitative estimate of drug-likeness (QED) is 0.808. The fourth-order valence-corrected chi connectivity index (χ4v) is 1.58. The first kappa shape index (κ1) is 14.3. The third-order valence-electron chi connectivity index (χ3n) is 2.42. The Balaban J connectivity index is 2.76. The standard InChI is InChI=1S/C12H16ClN3O2/c1-7(12(18)16(2)3)15-11(17)8-4-5-10(14)9(13)6-8/h4-7H,14H2,1-3H3,(H,15,17). The molecular formula is C12H16ClN3O2. The van der Waals surface area contributed by atoms with E-state index in [2.05, 4.69) is 5.32 Å². The summed E-state index contributed by atoms with van der Waals surface area (Å²) in [6, 6.07) is 3.99. The highest BCUT2D eigenvalue weighted by atomic mass is 35.5. The van der Waals surface area contributed by atoms with Gasteiger partial charge in [-0.15, -0.1) is 0 Å². The first-order valence-electron chi connectivity index (χ1n) is 5.40. The van der Waals surface area contributed by atoms with Crippen LogP contribution in [0.3, 0.4) is 0 Å². The van der Waals surface area contributed by atoms with Crippen LogP contribution in [0.5, 0.6) is 0 Å². The minimum absolute atomic E-state index is 0.176. The molecule has 18 heavy (non-hydrogen) atoms. The fraction of sp³-hybridized carbons (Fsp3) is 0.333. The number of rotatable bonds is 3. The van der Waals surface area contributed by atoms with Gasteiger partial charge >= 0.3 is 0 Å². The van der Waals surface area contributed by atoms with E-state index >= 15 is 0 Å². The third-order valence-corrected chi connectivity index (χ3v) is 2.75. The summed E-state index contributed by atoms with van der Waals surface area (Å²) in [5.74, 6) is -0.538. The van der Waals surface area contributed by atoms with E-state index in [1.54, 1.807) is 33.2 Å². The van der Waals surface area contributed by atoms with E-state index in [0.29, 0.717) is 16.3 Å². The number of likely N-dealkylation sites (N-methyl/N-ethyl adjacent to an activating group) is 1. The molecule has 6 heteroatoms. The van der Waals surface area contributed by atoms with Crippen LogP contribution in [0.1, 0.15) is 17.3 Å². The molecule has 0 aromatic heterocycles. The van der Waals surface area contributed by atoms with E-state index in [4.69, 9.17) is 17.3 Å². The lowest BCUT2D eigenvalue weighted by Gasteiger charge is -2.18. The average Bonchev–Trinajstić information content (AvgIpc) is 2.31. The number of hydrogen-bond acceptors (Lipinski definition) is 3. The number of amides is 2. The summed E-state index contributed by atoms with van der Waals surface area (Å²) in [6.45, 7) is 1.62. The van der Waals surface area contributed by atoms with Gasteiger partial charge < -0.3 is 16.0 Å². The molecule has 1 rings (SSSR count). The minimum Gasteiger partial charge on any atom is -0.398 e. The summed E-state index contributed by atoms with van der Waals surface area (Å²) < 4.78 is 0. The maximum Gasteiger partial charge on any atom is 0.251 e. The number of nitrogens with one attached hydrogen (secondary N) is 1. The summed E-state index contributed by atoms with van der Waals surface area (Å²) in [4.78, 5) is 24.9. The molecule has 0 aliphatic carbocycles. The Kier molecular flexibility index (Phi) is 4.55. The molecular weight excluding hydrogens is 254 g/mol. The van der Waals surface area contributed by atoms with Gasteiger partial charge in [0.1, 0.15) is 6.04 Å². The van der Waals surface area contributed by atoms with Crippen molar-refractivity contribution in [2.45, 2.75) is 13.0 Å². The van der Waals surface area contributed by atoms with Gasteiger partial charge in [-0.25, -0.2) is 0 Å². The number of hydrogen-bond donors (Lipinski definition) is 2. The molecule has 5 nitrogen and oxygen atoms in total. The Morgan fingerprint density at radius 2 is 2.00 bits per heavy atom. The second-order valence-electron chi connectivity index (χ2n) is 4.16. The van der Waals surface area contributed by atoms with E-state index in [0.717, 1.165) is 0 Å². The van der Waals surface area contributed by atoms with Gasteiger partial charge in [0, 0.05) is 19.7 Å². The number of nitrogens with two attached hydrogens (primary N) is 1. The van der Waals surface area contributed by atoms with Crippen LogP contribution in [0.15, 0.2) is 18.2 Å². The van der Waals surface area contributed by atoms with Crippen LogP contribution in [-0.2, 0) is 4.79 Å². The molecule has 0 saturated heterocycles. The van der Waals surface area contributed by atoms with E-state index in [9.17, 15) is 9.59 Å². The lowest BCUT2D eigenvalue weighted by atomic mass is 10.2. The van der Waals surface area contributed by atoms with Crippen molar-refractivity contribution in [2.24, 2.45) is 0 Å². The monoisotopic (exact) mass is 269 g/mol. The van der Waals surface area contributed by atoms with Crippen LogP contribution in [0.4, 0.5) is 5.69 Å². The summed E-state index contributed by atoms with van der Waals surface area (Å²) >= 11 is 5.83. The van der Waals surface area contributed by atoms with Gasteiger partial charge in [0.15, 0.2) is 0 Å². The number of carbonyl (C=O) groups excluding carboxylic acids is 2. The Morgan fingerprint density at radius 3 is 2.50 bits per heavy atom. The summed E-state index contributed by atoms with van der Waals surface area (Å²) in [5.41, 5.74) is 6.33. The Morgan fingerprint density at radius 1 is 1.39 bits per heavy atom. The Labute approximate surface area is 111 Å². The lowest BCUT2D eigenvalue weighted by Crippen LogP contribution is -2.44. The smallest absolute Gasteiger partial charge is 0.251 e. The van der Waals surface area contributed by atoms with Crippen LogP contribution >= 0.6 is 11.6 Å². The Hall–Kier alpha value is -1.75. The normalized spacial score (nSPS) is 11.8. The number of anilines is 1. The van der Waals surface area contributed by atoms with E-state index in [1.807, 2.05) is 0 Å². The van der Waals surface area contributed by atoms with Gasteiger partial charge in [-0.05, 0) is 25.1 Å². The molecule has 0 saturated carbocycles. The van der Waals surface area contributed by atoms with E-state index in [-0.39, 0.29) is 11.8 Å². The molecule has 1 atom stereocenters. The van der Waals surface area contributed by atoms with Gasteiger partial charge in [0.25, 0.3) is 5.91 Å². The highest BCUT2D eigenvalue weighted by Gasteiger charge is 2.18. The molecule has 3 N–H and O–H groups in total. The predicted molar refractivity (Wildman–Crippen MR) is 71.5 cm³/mol. The van der Waals surface area contributed by atoms with Crippen LogP contribution in [-0.4, -0.2) is 36.9 Å². The molecule has 2 amide bonds. The zero-order chi connectivity index (χ0) is 13.9. The highest BCUT2D eigenvalue weighted by molar-refractivity contribution is 6.33. The number of halogens is 1. The average molecular weight is 270 g/mol. The van der Waals surface area contributed by atoms with Crippen LogP contribution in [0, 0.1) is 0 Å². The molecule has 1 aromatic carbocycles. The van der Waals surface area contributed by atoms with Gasteiger partial charge in [0.05, 0.1) is 10.7 Å². The topological polar surface area (TPSA) is 75.4 Å². The zero-order valence-corrected chi connectivity index (χ0v) is 11.3. The molecule has 0 spiro atoms. The van der Waals surface area contributed by atoms with Gasteiger partial charge in [-0.2, -0.15) is 0 Å². The summed E-state index contributed by atoms with van der Waals surface area (Å²) in [7, 11) is 3.26. The van der Waals surface area contributed by atoms with Crippen LogP contribution in [0.25, 0.3) is 0 Å². The van der Waals surface area contributed by atoms with Crippen molar-refractivity contribution in [3.63, 3.8) is 0 Å². The summed E-state index contributed by atoms with van der Waals surface area (Å²) in [6.07, 6.45) is 0. The third kappa shape index (κ3) is 3.37. The molecule has 1 unspecified atom stereocenters. The molecule has 0 fully saturated rings. The highest BCUT2D eigenvalue weighted by Crippen LogP contribution is 2.19. The number of nitrogen functional groups attached to an aromatic ring is 1. The maximum atomic E-state index is 11.9. The van der Waals surface area contributed by atoms with Gasteiger partial charge in [-0.1, -0.05) is 11.6 Å². The van der Waals surface area contributed by atoms with Gasteiger partial charge in [0.2, 0.25) is 5.91 Å². The molecule has 98 valence electrons. The van der Waals surface area contributed by atoms with Crippen LogP contribution < -0.4 is 11.1 Å². The van der Waals surface area contributed by atoms with Crippen molar-refractivity contribution in [3.8, 4) is 0 Å². The van der Waals surface area contributed by atoms with Crippen molar-refractivity contribution in [1.82, 2.24) is 10.2 Å². The largest absolute Gasteiger partial charge is 0.398 e. The van der Waals surface area contributed by atoms with Crippen molar-refractivity contribution in [2.75, 3.05) is 19.8 Å². The first-order chi connectivity index (χ1) is 8.32. The number of carbonyl (C=O) groups is 2. The van der Waals surface area contributed by atoms with Crippen molar-refractivity contribution in [3.05, 3.63) is 28.8 Å². The second kappa shape index (κ2) is 5.73. The minimum atomic E-state index is -0.594. The summed E-state index contributed by atoms with van der Waals surface area (Å²) in [5, 5.41) is 2.91. The number of benzene rings is 1. The lowest BCUT2D eigenvalue weighted by molar-refractivity contribution is -0.130. The molecule has 0 heterocycles. The Bertz CT molecular complexity index is 474. The molecule has 0 aliphatic heterocycles. The van der Waals surface area contributed by atoms with E-state index in [1.165, 1.54) is 11.0 Å². The van der Waals surface area contributed by atoms with Crippen molar-refractivity contribution < 1.29 is 9.59 Å². The second-order valence-corrected chi connectivity index (χ2v) is 4.57. The van der Waals surface area contributed by atoms with E-state index < -0.39 is 6.04 Å². The SMILES string of the molecule is CC(NC(=O)c1ccc(N)c(Cl)c1)C(=O)N(C)C. The molecule has 0 bridgehead atoms. The van der Waals surface area contributed by atoms with Crippen molar-refractivity contribution >= 4 is 29.1 Å². The molecule has 0 aliphatic rings. The van der Waals surface area contributed by atoms with Crippen LogP contribution in [0.2, 0.25) is 5.02 Å². The number of nitrogens with zero attached hydrogens (tertiary/aromatic N) is 1. The first-order valence-corrected chi connectivity index (χ1v) is 5.77. The zero-order valence-electron chi connectivity index (χ0n) is 10.5.